The van der Waals surface area contributed by atoms with Crippen LogP contribution in [0.1, 0.15) is 40.5 Å². The first-order chi connectivity index (χ1) is 6.48. The monoisotopic (exact) mass is 194 g/mol. The van der Waals surface area contributed by atoms with E-state index in [0.717, 1.165) is 12.8 Å². The second-order valence-corrected chi connectivity index (χ2v) is 4.96. The molecule has 1 aliphatic rings. The third-order valence-electron chi connectivity index (χ3n) is 3.35. The standard InChI is InChI=1S/C13H22O/c1-6-13(14-5,12(2,3)4)11-9-7-8-10-11/h7-9H,6,10H2,1-5H3. The maximum Gasteiger partial charge on any atom is 0.0939 e. The molecule has 1 aliphatic carbocycles. The zero-order valence-corrected chi connectivity index (χ0v) is 10.1. The van der Waals surface area contributed by atoms with E-state index >= 15 is 0 Å². The van der Waals surface area contributed by atoms with Crippen LogP contribution in [-0.4, -0.2) is 12.7 Å². The summed E-state index contributed by atoms with van der Waals surface area (Å²) < 4.78 is 5.83. The lowest BCUT2D eigenvalue weighted by molar-refractivity contribution is -0.0655. The molecule has 1 atom stereocenters. The number of allylic oxidation sites excluding steroid dienone is 3. The highest BCUT2D eigenvalue weighted by Gasteiger charge is 2.43. The third kappa shape index (κ3) is 1.66. The van der Waals surface area contributed by atoms with Crippen molar-refractivity contribution in [3.8, 4) is 0 Å². The Labute approximate surface area is 87.8 Å². The predicted octanol–water partition coefficient (Wildman–Crippen LogP) is 3.71. The summed E-state index contributed by atoms with van der Waals surface area (Å²) in [5, 5.41) is 0. The summed E-state index contributed by atoms with van der Waals surface area (Å²) in [4.78, 5) is 0. The Balaban J connectivity index is 3.04. The van der Waals surface area contributed by atoms with E-state index < -0.39 is 0 Å². The Bertz CT molecular complexity index is 249. The van der Waals surface area contributed by atoms with E-state index in [1.165, 1.54) is 5.57 Å². The van der Waals surface area contributed by atoms with E-state index in [-0.39, 0.29) is 11.0 Å². The van der Waals surface area contributed by atoms with Crippen LogP contribution in [0.3, 0.4) is 0 Å². The van der Waals surface area contributed by atoms with Gasteiger partial charge in [0.1, 0.15) is 0 Å². The molecule has 1 rings (SSSR count). The van der Waals surface area contributed by atoms with Crippen molar-refractivity contribution < 1.29 is 4.74 Å². The summed E-state index contributed by atoms with van der Waals surface area (Å²) in [6, 6.07) is 0. The van der Waals surface area contributed by atoms with Crippen molar-refractivity contribution in [2.45, 2.75) is 46.1 Å². The van der Waals surface area contributed by atoms with Crippen molar-refractivity contribution in [2.75, 3.05) is 7.11 Å². The fourth-order valence-corrected chi connectivity index (χ4v) is 2.57. The number of hydrogen-bond donors (Lipinski definition) is 0. The second kappa shape index (κ2) is 3.90. The number of rotatable bonds is 3. The fourth-order valence-electron chi connectivity index (χ4n) is 2.57. The Morgan fingerprint density at radius 1 is 1.36 bits per heavy atom. The lowest BCUT2D eigenvalue weighted by Crippen LogP contribution is -2.45. The second-order valence-electron chi connectivity index (χ2n) is 4.96. The normalized spacial score (nSPS) is 20.8. The van der Waals surface area contributed by atoms with E-state index in [1.54, 1.807) is 0 Å². The summed E-state index contributed by atoms with van der Waals surface area (Å²) >= 11 is 0. The molecule has 14 heavy (non-hydrogen) atoms. The molecule has 0 aliphatic heterocycles. The lowest BCUT2D eigenvalue weighted by atomic mass is 9.69. The number of hydrogen-bond acceptors (Lipinski definition) is 1. The average Bonchev–Trinajstić information content (AvgIpc) is 2.58. The van der Waals surface area contributed by atoms with Crippen molar-refractivity contribution in [1.29, 1.82) is 0 Å². The van der Waals surface area contributed by atoms with Crippen molar-refractivity contribution in [1.82, 2.24) is 0 Å². The molecule has 0 bridgehead atoms. The van der Waals surface area contributed by atoms with Gasteiger partial charge < -0.3 is 4.74 Å². The molecule has 0 fully saturated rings. The molecule has 1 heteroatoms. The van der Waals surface area contributed by atoms with Crippen molar-refractivity contribution in [3.63, 3.8) is 0 Å². The minimum atomic E-state index is -0.101. The van der Waals surface area contributed by atoms with Crippen LogP contribution in [0.15, 0.2) is 23.8 Å². The molecule has 0 amide bonds. The van der Waals surface area contributed by atoms with Crippen LogP contribution in [0.5, 0.6) is 0 Å². The van der Waals surface area contributed by atoms with E-state index in [4.69, 9.17) is 4.74 Å². The van der Waals surface area contributed by atoms with Crippen molar-refractivity contribution in [2.24, 2.45) is 5.41 Å². The summed E-state index contributed by atoms with van der Waals surface area (Å²) in [5.41, 5.74) is 1.46. The van der Waals surface area contributed by atoms with Crippen LogP contribution in [0.4, 0.5) is 0 Å². The van der Waals surface area contributed by atoms with Crippen LogP contribution in [0.25, 0.3) is 0 Å². The molecule has 0 aromatic heterocycles. The van der Waals surface area contributed by atoms with Crippen molar-refractivity contribution >= 4 is 0 Å². The summed E-state index contributed by atoms with van der Waals surface area (Å²) in [5.74, 6) is 0. The van der Waals surface area contributed by atoms with Gasteiger partial charge in [0.15, 0.2) is 0 Å². The quantitative estimate of drug-likeness (QED) is 0.665. The predicted molar refractivity (Wildman–Crippen MR) is 61.3 cm³/mol. The molecule has 0 spiro atoms. The molecule has 1 unspecified atom stereocenters. The van der Waals surface area contributed by atoms with Gasteiger partial charge in [0.05, 0.1) is 5.60 Å². The van der Waals surface area contributed by atoms with Gasteiger partial charge in [-0.1, -0.05) is 45.9 Å². The lowest BCUT2D eigenvalue weighted by Gasteiger charge is -2.44. The van der Waals surface area contributed by atoms with Crippen LogP contribution in [-0.2, 0) is 4.74 Å². The van der Waals surface area contributed by atoms with Gasteiger partial charge in [-0.2, -0.15) is 0 Å². The highest BCUT2D eigenvalue weighted by molar-refractivity contribution is 5.32. The van der Waals surface area contributed by atoms with Gasteiger partial charge in [0.25, 0.3) is 0 Å². The van der Waals surface area contributed by atoms with Gasteiger partial charge in [-0.3, -0.25) is 0 Å². The highest BCUT2D eigenvalue weighted by atomic mass is 16.5. The van der Waals surface area contributed by atoms with Crippen molar-refractivity contribution in [3.05, 3.63) is 23.8 Å². The third-order valence-corrected chi connectivity index (χ3v) is 3.35. The molecule has 0 heterocycles. The Morgan fingerprint density at radius 2 is 2.00 bits per heavy atom. The van der Waals surface area contributed by atoms with E-state index in [9.17, 15) is 0 Å². The van der Waals surface area contributed by atoms with E-state index in [2.05, 4.69) is 45.9 Å². The van der Waals surface area contributed by atoms with Crippen LogP contribution >= 0.6 is 0 Å². The molecule has 0 saturated heterocycles. The van der Waals surface area contributed by atoms with Crippen LogP contribution in [0, 0.1) is 5.41 Å². The Hall–Kier alpha value is -0.560. The van der Waals surface area contributed by atoms with E-state index in [0.29, 0.717) is 0 Å². The van der Waals surface area contributed by atoms with Crippen LogP contribution in [0.2, 0.25) is 0 Å². The summed E-state index contributed by atoms with van der Waals surface area (Å²) in [6.07, 6.45) is 8.60. The summed E-state index contributed by atoms with van der Waals surface area (Å²) in [6.45, 7) is 8.95. The minimum absolute atomic E-state index is 0.101. The van der Waals surface area contributed by atoms with Crippen LogP contribution < -0.4 is 0 Å². The summed E-state index contributed by atoms with van der Waals surface area (Å²) in [7, 11) is 1.83. The Morgan fingerprint density at radius 3 is 2.29 bits per heavy atom. The Kier molecular flexibility index (Phi) is 3.20. The number of ether oxygens (including phenoxy) is 1. The molecule has 0 saturated carbocycles. The molecular formula is C13H22O. The van der Waals surface area contributed by atoms with E-state index in [1.807, 2.05) is 7.11 Å². The highest BCUT2D eigenvalue weighted by Crippen LogP contribution is 2.44. The molecule has 0 aromatic carbocycles. The topological polar surface area (TPSA) is 9.23 Å². The molecule has 1 nitrogen and oxygen atoms in total. The van der Waals surface area contributed by atoms with Gasteiger partial charge in [-0.05, 0) is 23.8 Å². The largest absolute Gasteiger partial charge is 0.373 e. The molecule has 80 valence electrons. The molecule has 0 N–H and O–H groups in total. The smallest absolute Gasteiger partial charge is 0.0939 e. The first-order valence-corrected chi connectivity index (χ1v) is 5.39. The first-order valence-electron chi connectivity index (χ1n) is 5.39. The zero-order valence-electron chi connectivity index (χ0n) is 10.1. The first kappa shape index (κ1) is 11.5. The zero-order chi connectivity index (χ0) is 10.8. The van der Waals surface area contributed by atoms with Gasteiger partial charge in [-0.25, -0.2) is 0 Å². The molecule has 0 aromatic rings. The maximum atomic E-state index is 5.83. The molecular weight excluding hydrogens is 172 g/mol. The van der Waals surface area contributed by atoms with Gasteiger partial charge >= 0.3 is 0 Å². The maximum absolute atomic E-state index is 5.83. The van der Waals surface area contributed by atoms with Gasteiger partial charge in [0.2, 0.25) is 0 Å². The minimum Gasteiger partial charge on any atom is -0.373 e. The van der Waals surface area contributed by atoms with Gasteiger partial charge in [-0.15, -0.1) is 0 Å². The number of methoxy groups -OCH3 is 1. The molecule has 0 radical (unpaired) electrons. The van der Waals surface area contributed by atoms with Gasteiger partial charge in [0, 0.05) is 7.11 Å². The SMILES string of the molecule is CCC(OC)(C1=CC=CC1)C(C)(C)C. The fraction of sp³-hybridized carbons (Fsp3) is 0.692. The average molecular weight is 194 g/mol.